The first-order chi connectivity index (χ1) is 24.2. The summed E-state index contributed by atoms with van der Waals surface area (Å²) in [6.45, 7) is 9.29. The number of rotatable bonds is 7. The molecule has 2 saturated carbocycles. The maximum Gasteiger partial charge on any atom is 0.407 e. The van der Waals surface area contributed by atoms with E-state index < -0.39 is 74.1 Å². The number of hydrogen-bond acceptors (Lipinski definition) is 10. The summed E-state index contributed by atoms with van der Waals surface area (Å²) in [5, 5.41) is 6.40. The molecule has 1 saturated heterocycles. The Morgan fingerprint density at radius 2 is 1.92 bits per heavy atom. The third-order valence-electron chi connectivity index (χ3n) is 10.2. The Hall–Kier alpha value is -4.40. The molecule has 6 rings (SSSR count). The van der Waals surface area contributed by atoms with E-state index in [4.69, 9.17) is 14.2 Å². The minimum atomic E-state index is -3.89. The lowest BCUT2D eigenvalue weighted by Gasteiger charge is -2.35. The zero-order valence-electron chi connectivity index (χ0n) is 29.5. The standard InChI is InChI=1S/C36H47N5O9S/c1-6-22-19-36(22,33(44)40-51(46,47)24-11-12-24)39-30(42)27-18-23-20-41(27)32(43)29(35(2,3)4)38-34(45)49-15-9-7-8-10-21-16-26-25(28(17-21)48-5)13-14-37-31(26)50-23/h6,13-14,16-17,22-24,27,29H,1,7-12,15,18-20H2,2-5H3,(H,38,45)(H,39,42)(H,40,44)/t22-,23-,27+,29-,36-/m1/s1. The Labute approximate surface area is 298 Å². The third kappa shape index (κ3) is 7.63. The minimum absolute atomic E-state index is 0.0323. The van der Waals surface area contributed by atoms with Crippen LogP contribution in [0.4, 0.5) is 4.79 Å². The van der Waals surface area contributed by atoms with E-state index in [0.29, 0.717) is 30.9 Å². The van der Waals surface area contributed by atoms with E-state index in [9.17, 15) is 27.6 Å². The van der Waals surface area contributed by atoms with Crippen molar-refractivity contribution in [3.05, 3.63) is 42.6 Å². The molecule has 276 valence electrons. The van der Waals surface area contributed by atoms with Crippen LogP contribution in [-0.2, 0) is 35.6 Å². The molecule has 5 atom stereocenters. The summed E-state index contributed by atoms with van der Waals surface area (Å²) in [6.07, 6.45) is 5.78. The van der Waals surface area contributed by atoms with Gasteiger partial charge in [0.05, 0.1) is 25.5 Å². The number of ether oxygens (including phenoxy) is 3. The number of methoxy groups -OCH3 is 1. The molecule has 2 aliphatic heterocycles. The number of cyclic esters (lactones) is 1. The first kappa shape index (κ1) is 36.4. The van der Waals surface area contributed by atoms with Gasteiger partial charge in [0.25, 0.3) is 5.91 Å². The molecule has 4 amide bonds. The maximum absolute atomic E-state index is 14.4. The Balaban J connectivity index is 1.35. The summed E-state index contributed by atoms with van der Waals surface area (Å²) in [6, 6.07) is 3.61. The zero-order chi connectivity index (χ0) is 36.7. The SMILES string of the molecule is C=C[C@@H]1C[C@]1(NC(=O)[C@@H]1C[C@@H]2CN1C(=O)[C@H](C(C)(C)C)NC(=O)OCCCCCc1cc(OC)c3ccnc(c3c1)O2)C(=O)NS(=O)(=O)C1CC1. The van der Waals surface area contributed by atoms with Crippen molar-refractivity contribution in [2.75, 3.05) is 20.3 Å². The number of nitrogens with one attached hydrogen (secondary N) is 3. The van der Waals surface area contributed by atoms with E-state index in [1.54, 1.807) is 34.1 Å². The van der Waals surface area contributed by atoms with Crippen LogP contribution in [-0.4, -0.2) is 91.4 Å². The van der Waals surface area contributed by atoms with Crippen LogP contribution in [0.3, 0.4) is 0 Å². The van der Waals surface area contributed by atoms with E-state index in [-0.39, 0.29) is 26.0 Å². The average Bonchev–Trinajstić information content (AvgIpc) is 4.00. The highest BCUT2D eigenvalue weighted by molar-refractivity contribution is 7.91. The third-order valence-corrected chi connectivity index (χ3v) is 12.0. The van der Waals surface area contributed by atoms with Crippen molar-refractivity contribution in [3.8, 4) is 11.6 Å². The number of fused-ring (bicyclic) bond motifs is 3. The predicted molar refractivity (Wildman–Crippen MR) is 187 cm³/mol. The van der Waals surface area contributed by atoms with Crippen molar-refractivity contribution in [1.29, 1.82) is 0 Å². The molecular weight excluding hydrogens is 678 g/mol. The van der Waals surface area contributed by atoms with Gasteiger partial charge in [0.1, 0.15) is 29.5 Å². The molecule has 1 aromatic carbocycles. The number of aromatic nitrogens is 1. The van der Waals surface area contributed by atoms with E-state index >= 15 is 0 Å². The van der Waals surface area contributed by atoms with Gasteiger partial charge in [-0.3, -0.25) is 19.1 Å². The summed E-state index contributed by atoms with van der Waals surface area (Å²) >= 11 is 0. The van der Waals surface area contributed by atoms with Gasteiger partial charge in [-0.25, -0.2) is 18.2 Å². The maximum atomic E-state index is 14.4. The van der Waals surface area contributed by atoms with Crippen molar-refractivity contribution in [1.82, 2.24) is 25.2 Å². The number of amides is 4. The van der Waals surface area contributed by atoms with Gasteiger partial charge in [-0.1, -0.05) is 26.8 Å². The second kappa shape index (κ2) is 14.0. The molecule has 0 radical (unpaired) electrons. The molecule has 14 nitrogen and oxygen atoms in total. The summed E-state index contributed by atoms with van der Waals surface area (Å²) in [7, 11) is -2.29. The van der Waals surface area contributed by atoms with Crippen molar-refractivity contribution < 1.29 is 41.8 Å². The summed E-state index contributed by atoms with van der Waals surface area (Å²) in [5.74, 6) is -1.57. The van der Waals surface area contributed by atoms with Crippen molar-refractivity contribution >= 4 is 44.6 Å². The smallest absolute Gasteiger partial charge is 0.407 e. The number of hydrogen-bond donors (Lipinski definition) is 3. The van der Waals surface area contributed by atoms with Gasteiger partial charge in [-0.2, -0.15) is 0 Å². The lowest BCUT2D eigenvalue weighted by atomic mass is 9.85. The molecule has 51 heavy (non-hydrogen) atoms. The predicted octanol–water partition coefficient (Wildman–Crippen LogP) is 3.13. The second-order valence-corrected chi connectivity index (χ2v) is 17.0. The molecule has 2 aliphatic carbocycles. The van der Waals surface area contributed by atoms with Crippen molar-refractivity contribution in [3.63, 3.8) is 0 Å². The molecule has 2 aromatic rings. The highest BCUT2D eigenvalue weighted by Gasteiger charge is 2.62. The van der Waals surface area contributed by atoms with Gasteiger partial charge < -0.3 is 29.7 Å². The quantitative estimate of drug-likeness (QED) is 0.359. The van der Waals surface area contributed by atoms with E-state index in [0.717, 1.165) is 35.6 Å². The van der Waals surface area contributed by atoms with Gasteiger partial charge in [0.2, 0.25) is 27.7 Å². The fourth-order valence-electron chi connectivity index (χ4n) is 6.99. The van der Waals surface area contributed by atoms with Gasteiger partial charge >= 0.3 is 6.09 Å². The highest BCUT2D eigenvalue weighted by atomic mass is 32.2. The van der Waals surface area contributed by atoms with Crippen LogP contribution in [0.15, 0.2) is 37.1 Å². The van der Waals surface area contributed by atoms with Gasteiger partial charge in [-0.05, 0) is 74.1 Å². The van der Waals surface area contributed by atoms with E-state index in [2.05, 4.69) is 26.9 Å². The lowest BCUT2D eigenvalue weighted by molar-refractivity contribution is -0.142. The monoisotopic (exact) mass is 725 g/mol. The number of carbonyl (C=O) groups is 4. The first-order valence-electron chi connectivity index (χ1n) is 17.5. The number of benzene rings is 1. The van der Waals surface area contributed by atoms with E-state index in [1.807, 2.05) is 18.2 Å². The number of sulfonamides is 1. The molecule has 3 fully saturated rings. The number of pyridine rings is 1. The van der Waals surface area contributed by atoms with Crippen LogP contribution in [0.2, 0.25) is 0 Å². The Bertz CT molecular complexity index is 1840. The fraction of sp³-hybridized carbons (Fsp3) is 0.583. The second-order valence-electron chi connectivity index (χ2n) is 15.1. The summed E-state index contributed by atoms with van der Waals surface area (Å²) in [4.78, 5) is 61.0. The van der Waals surface area contributed by atoms with Gasteiger partial charge in [0.15, 0.2) is 0 Å². The molecule has 0 spiro atoms. The molecule has 15 heteroatoms. The molecular formula is C36H47N5O9S. The molecule has 4 aliphatic rings. The van der Waals surface area contributed by atoms with Crippen LogP contribution in [0.25, 0.3) is 10.8 Å². The molecule has 1 aromatic heterocycles. The molecule has 0 unspecified atom stereocenters. The highest BCUT2D eigenvalue weighted by Crippen LogP contribution is 2.45. The average molecular weight is 726 g/mol. The van der Waals surface area contributed by atoms with Crippen LogP contribution >= 0.6 is 0 Å². The van der Waals surface area contributed by atoms with Crippen LogP contribution in [0.1, 0.15) is 71.3 Å². The molecule has 3 heterocycles. The topological polar surface area (TPSA) is 182 Å². The van der Waals surface area contributed by atoms with E-state index in [1.165, 1.54) is 11.0 Å². The van der Waals surface area contributed by atoms with Crippen LogP contribution < -0.4 is 24.8 Å². The Morgan fingerprint density at radius 1 is 1.16 bits per heavy atom. The Kier molecular flexibility index (Phi) is 9.96. The van der Waals surface area contributed by atoms with Gasteiger partial charge in [-0.15, -0.1) is 6.58 Å². The Morgan fingerprint density at radius 3 is 2.59 bits per heavy atom. The van der Waals surface area contributed by atoms with Crippen molar-refractivity contribution in [2.45, 2.75) is 101 Å². The fourth-order valence-corrected chi connectivity index (χ4v) is 8.35. The lowest BCUT2D eigenvalue weighted by Crippen LogP contribution is -2.60. The molecule has 3 N–H and O–H groups in total. The minimum Gasteiger partial charge on any atom is -0.496 e. The van der Waals surface area contributed by atoms with Crippen LogP contribution in [0, 0.1) is 11.3 Å². The molecule has 4 bridgehead atoms. The number of carbonyl (C=O) groups excluding carboxylic acids is 4. The number of aryl methyl sites for hydroxylation is 1. The van der Waals surface area contributed by atoms with Gasteiger partial charge in [0, 0.05) is 29.3 Å². The number of alkyl carbamates (subject to hydrolysis) is 1. The summed E-state index contributed by atoms with van der Waals surface area (Å²) in [5.41, 5.74) is -1.32. The zero-order valence-corrected chi connectivity index (χ0v) is 30.3. The first-order valence-corrected chi connectivity index (χ1v) is 19.1. The van der Waals surface area contributed by atoms with Crippen LogP contribution in [0.5, 0.6) is 11.6 Å². The largest absolute Gasteiger partial charge is 0.496 e. The summed E-state index contributed by atoms with van der Waals surface area (Å²) < 4.78 is 45.2. The normalized spacial score (nSPS) is 27.3. The number of nitrogens with zero attached hydrogens (tertiary/aromatic N) is 2. The van der Waals surface area contributed by atoms with Crippen molar-refractivity contribution in [2.24, 2.45) is 11.3 Å².